The van der Waals surface area contributed by atoms with Crippen molar-refractivity contribution < 1.29 is 22.5 Å². The number of nitrogens with zero attached hydrogens (tertiary/aromatic N) is 2. The van der Waals surface area contributed by atoms with E-state index in [0.29, 0.717) is 5.56 Å². The molecule has 0 amide bonds. The number of methoxy groups -OCH3 is 1. The zero-order valence-electron chi connectivity index (χ0n) is 13.7. The largest absolute Gasteiger partial charge is 0.497 e. The minimum Gasteiger partial charge on any atom is -0.497 e. The van der Waals surface area contributed by atoms with Crippen LogP contribution in [0.25, 0.3) is 0 Å². The van der Waals surface area contributed by atoms with Crippen molar-refractivity contribution in [3.05, 3.63) is 64.0 Å². The maximum absolute atomic E-state index is 13.3. The van der Waals surface area contributed by atoms with E-state index in [-0.39, 0.29) is 18.8 Å². The standard InChI is InChI=1S/C16H17FN2O5S/c1-3-18(11-12-5-4-6-13(17)9-12)25(22,23)16-8-7-14(24-2)10-15(16)19(20)21/h4-10H,3,11H2,1-2H3. The first-order valence-corrected chi connectivity index (χ1v) is 8.80. The van der Waals surface area contributed by atoms with Crippen molar-refractivity contribution in [2.75, 3.05) is 13.7 Å². The van der Waals surface area contributed by atoms with Gasteiger partial charge in [0.2, 0.25) is 10.0 Å². The van der Waals surface area contributed by atoms with E-state index in [4.69, 9.17) is 4.74 Å². The molecule has 2 aromatic rings. The van der Waals surface area contributed by atoms with Gasteiger partial charge in [-0.2, -0.15) is 4.31 Å². The molecule has 0 saturated heterocycles. The first-order valence-electron chi connectivity index (χ1n) is 7.36. The van der Waals surface area contributed by atoms with Gasteiger partial charge in [-0.25, -0.2) is 12.8 Å². The van der Waals surface area contributed by atoms with Gasteiger partial charge in [-0.1, -0.05) is 19.1 Å². The third-order valence-corrected chi connectivity index (χ3v) is 5.55. The van der Waals surface area contributed by atoms with Crippen LogP contribution >= 0.6 is 0 Å². The lowest BCUT2D eigenvalue weighted by molar-refractivity contribution is -0.387. The molecule has 0 atom stereocenters. The Morgan fingerprint density at radius 2 is 1.96 bits per heavy atom. The van der Waals surface area contributed by atoms with Crippen LogP contribution in [0.15, 0.2) is 47.4 Å². The van der Waals surface area contributed by atoms with Crippen molar-refractivity contribution in [3.8, 4) is 5.75 Å². The second-order valence-electron chi connectivity index (χ2n) is 5.15. The van der Waals surface area contributed by atoms with E-state index >= 15 is 0 Å². The summed E-state index contributed by atoms with van der Waals surface area (Å²) in [6, 6.07) is 9.08. The molecule has 0 aromatic heterocycles. The molecule has 0 N–H and O–H groups in total. The Labute approximate surface area is 144 Å². The average Bonchev–Trinajstić information content (AvgIpc) is 2.58. The number of hydrogen-bond acceptors (Lipinski definition) is 5. The monoisotopic (exact) mass is 368 g/mol. The quantitative estimate of drug-likeness (QED) is 0.554. The third kappa shape index (κ3) is 4.12. The Bertz CT molecular complexity index is 886. The minimum absolute atomic E-state index is 0.0715. The van der Waals surface area contributed by atoms with E-state index in [1.807, 2.05) is 0 Å². The molecule has 0 saturated carbocycles. The summed E-state index contributed by atoms with van der Waals surface area (Å²) in [6.45, 7) is 1.58. The van der Waals surface area contributed by atoms with Crippen molar-refractivity contribution in [1.82, 2.24) is 4.31 Å². The molecule has 134 valence electrons. The van der Waals surface area contributed by atoms with Crippen LogP contribution in [-0.2, 0) is 16.6 Å². The van der Waals surface area contributed by atoms with E-state index in [0.717, 1.165) is 16.4 Å². The van der Waals surface area contributed by atoms with Gasteiger partial charge in [-0.3, -0.25) is 10.1 Å². The lowest BCUT2D eigenvalue weighted by Crippen LogP contribution is -2.31. The lowest BCUT2D eigenvalue weighted by atomic mass is 10.2. The van der Waals surface area contributed by atoms with Gasteiger partial charge in [-0.15, -0.1) is 0 Å². The van der Waals surface area contributed by atoms with Crippen molar-refractivity contribution in [3.63, 3.8) is 0 Å². The molecule has 9 heteroatoms. The Morgan fingerprint density at radius 3 is 2.52 bits per heavy atom. The van der Waals surface area contributed by atoms with Crippen LogP contribution in [0.4, 0.5) is 10.1 Å². The molecule has 0 bridgehead atoms. The summed E-state index contributed by atoms with van der Waals surface area (Å²) < 4.78 is 45.0. The Morgan fingerprint density at radius 1 is 1.24 bits per heavy atom. The van der Waals surface area contributed by atoms with Crippen LogP contribution in [0.5, 0.6) is 5.75 Å². The molecule has 2 aromatic carbocycles. The molecule has 0 aliphatic carbocycles. The van der Waals surface area contributed by atoms with E-state index in [1.54, 1.807) is 13.0 Å². The van der Waals surface area contributed by atoms with Crippen LogP contribution in [0.2, 0.25) is 0 Å². The molecule has 7 nitrogen and oxygen atoms in total. The first kappa shape index (κ1) is 18.8. The summed E-state index contributed by atoms with van der Waals surface area (Å²) in [5.74, 6) is -0.305. The first-order chi connectivity index (χ1) is 11.8. The highest BCUT2D eigenvalue weighted by Crippen LogP contribution is 2.31. The van der Waals surface area contributed by atoms with Crippen LogP contribution in [0.1, 0.15) is 12.5 Å². The highest BCUT2D eigenvalue weighted by atomic mass is 32.2. The predicted octanol–water partition coefficient (Wildman–Crippen LogP) is 2.95. The number of nitro benzene ring substituents is 1. The van der Waals surface area contributed by atoms with Gasteiger partial charge in [0.05, 0.1) is 18.1 Å². The second-order valence-corrected chi connectivity index (χ2v) is 7.06. The molecule has 2 rings (SSSR count). The van der Waals surface area contributed by atoms with Gasteiger partial charge in [0, 0.05) is 13.1 Å². The van der Waals surface area contributed by atoms with E-state index in [9.17, 15) is 22.9 Å². The Kier molecular flexibility index (Phi) is 5.70. The summed E-state index contributed by atoms with van der Waals surface area (Å²) in [4.78, 5) is 10.1. The molecule has 0 heterocycles. The van der Waals surface area contributed by atoms with Crippen LogP contribution in [0.3, 0.4) is 0 Å². The molecule has 25 heavy (non-hydrogen) atoms. The highest BCUT2D eigenvalue weighted by molar-refractivity contribution is 7.89. The molecule has 0 radical (unpaired) electrons. The number of rotatable bonds is 7. The van der Waals surface area contributed by atoms with Crippen LogP contribution in [0, 0.1) is 15.9 Å². The smallest absolute Gasteiger partial charge is 0.293 e. The number of sulfonamides is 1. The summed E-state index contributed by atoms with van der Waals surface area (Å²) in [5.41, 5.74) is -0.126. The lowest BCUT2D eigenvalue weighted by Gasteiger charge is -2.20. The van der Waals surface area contributed by atoms with Gasteiger partial charge in [0.25, 0.3) is 5.69 Å². The molecular weight excluding hydrogens is 351 g/mol. The summed E-state index contributed by atoms with van der Waals surface area (Å²) in [5, 5.41) is 11.3. The zero-order chi connectivity index (χ0) is 18.6. The van der Waals surface area contributed by atoms with Crippen molar-refractivity contribution in [2.24, 2.45) is 0 Å². The SMILES string of the molecule is CCN(Cc1cccc(F)c1)S(=O)(=O)c1ccc(OC)cc1[N+](=O)[O-]. The van der Waals surface area contributed by atoms with Crippen LogP contribution < -0.4 is 4.74 Å². The third-order valence-electron chi connectivity index (χ3n) is 3.58. The topological polar surface area (TPSA) is 89.8 Å². The average molecular weight is 368 g/mol. The normalized spacial score (nSPS) is 11.5. The van der Waals surface area contributed by atoms with Gasteiger partial charge in [0.1, 0.15) is 11.6 Å². The molecular formula is C16H17FN2O5S. The summed E-state index contributed by atoms with van der Waals surface area (Å²) >= 11 is 0. The van der Waals surface area contributed by atoms with Gasteiger partial charge < -0.3 is 4.74 Å². The maximum atomic E-state index is 13.3. The van der Waals surface area contributed by atoms with Gasteiger partial charge in [-0.05, 0) is 29.8 Å². The summed E-state index contributed by atoms with van der Waals surface area (Å²) in [6.07, 6.45) is 0. The fraction of sp³-hybridized carbons (Fsp3) is 0.250. The summed E-state index contributed by atoms with van der Waals surface area (Å²) in [7, 11) is -2.82. The molecule has 0 spiro atoms. The Hall–Kier alpha value is -2.52. The number of nitro groups is 1. The highest BCUT2D eigenvalue weighted by Gasteiger charge is 2.31. The number of hydrogen-bond donors (Lipinski definition) is 0. The number of benzene rings is 2. The fourth-order valence-corrected chi connectivity index (χ4v) is 3.90. The molecule has 0 fully saturated rings. The van der Waals surface area contributed by atoms with Gasteiger partial charge in [0.15, 0.2) is 4.90 Å². The van der Waals surface area contributed by atoms with E-state index < -0.39 is 31.3 Å². The molecule has 0 aliphatic rings. The van der Waals surface area contributed by atoms with Crippen LogP contribution in [-0.4, -0.2) is 31.3 Å². The van der Waals surface area contributed by atoms with Crippen molar-refractivity contribution in [1.29, 1.82) is 0 Å². The predicted molar refractivity (Wildman–Crippen MR) is 89.3 cm³/mol. The zero-order valence-corrected chi connectivity index (χ0v) is 14.5. The Balaban J connectivity index is 2.46. The van der Waals surface area contributed by atoms with E-state index in [1.165, 1.54) is 31.4 Å². The fourth-order valence-electron chi connectivity index (χ4n) is 2.33. The minimum atomic E-state index is -4.15. The maximum Gasteiger partial charge on any atom is 0.293 e. The van der Waals surface area contributed by atoms with E-state index in [2.05, 4.69) is 0 Å². The number of halogens is 1. The molecule has 0 unspecified atom stereocenters. The van der Waals surface area contributed by atoms with Gasteiger partial charge >= 0.3 is 0 Å². The molecule has 0 aliphatic heterocycles. The number of ether oxygens (including phenoxy) is 1. The van der Waals surface area contributed by atoms with Crippen molar-refractivity contribution >= 4 is 15.7 Å². The second kappa shape index (κ2) is 7.58. The van der Waals surface area contributed by atoms with Crippen molar-refractivity contribution in [2.45, 2.75) is 18.4 Å².